The highest BCUT2D eigenvalue weighted by molar-refractivity contribution is 6.01. The van der Waals surface area contributed by atoms with Gasteiger partial charge in [0, 0.05) is 14.0 Å². The molecule has 0 heterocycles. The van der Waals surface area contributed by atoms with Crippen LogP contribution in [-0.2, 0) is 23.9 Å². The summed E-state index contributed by atoms with van der Waals surface area (Å²) in [5.41, 5.74) is 0. The van der Waals surface area contributed by atoms with Gasteiger partial charge in [-0.3, -0.25) is 4.79 Å². The number of rotatable bonds is 3. The van der Waals surface area contributed by atoms with Crippen LogP contribution >= 0.6 is 0 Å². The Morgan fingerprint density at radius 2 is 1.43 bits per heavy atom. The number of hydrogen-bond donors (Lipinski definition) is 0. The molecule has 0 aromatic heterocycles. The van der Waals surface area contributed by atoms with Gasteiger partial charge in [-0.1, -0.05) is 0 Å². The van der Waals surface area contributed by atoms with Crippen molar-refractivity contribution < 1.29 is 23.9 Å². The molecule has 0 radical (unpaired) electrons. The monoisotopic (exact) mass is 203 g/mol. The molecule has 0 aromatic rings. The first kappa shape index (κ1) is 12.4. The third kappa shape index (κ3) is 2.72. The van der Waals surface area contributed by atoms with Gasteiger partial charge in [0.25, 0.3) is 0 Å². The maximum absolute atomic E-state index is 11.1. The molecule has 1 amide bonds. The second kappa shape index (κ2) is 5.21. The van der Waals surface area contributed by atoms with E-state index in [0.29, 0.717) is 0 Å². The van der Waals surface area contributed by atoms with Crippen molar-refractivity contribution in [3.8, 4) is 0 Å². The zero-order valence-corrected chi connectivity index (χ0v) is 8.57. The van der Waals surface area contributed by atoms with Gasteiger partial charge < -0.3 is 14.4 Å². The van der Waals surface area contributed by atoms with Gasteiger partial charge in [-0.2, -0.15) is 0 Å². The van der Waals surface area contributed by atoms with Crippen LogP contribution in [0, 0.1) is 0 Å². The van der Waals surface area contributed by atoms with Gasteiger partial charge in [0.2, 0.25) is 11.9 Å². The van der Waals surface area contributed by atoms with E-state index in [9.17, 15) is 14.4 Å². The van der Waals surface area contributed by atoms with Crippen LogP contribution in [0.3, 0.4) is 0 Å². The van der Waals surface area contributed by atoms with E-state index in [1.807, 2.05) is 0 Å². The summed E-state index contributed by atoms with van der Waals surface area (Å²) in [6.45, 7) is 1.23. The minimum Gasteiger partial charge on any atom is -0.467 e. The number of carbonyl (C=O) groups is 3. The first-order chi connectivity index (χ1) is 6.45. The minimum atomic E-state index is -1.33. The molecule has 80 valence electrons. The fourth-order valence-electron chi connectivity index (χ4n) is 0.818. The average molecular weight is 203 g/mol. The van der Waals surface area contributed by atoms with Crippen LogP contribution in [-0.4, -0.2) is 50.1 Å². The SMILES string of the molecule is COC(=O)C(C(=O)OC)N(C)C(C)=O. The maximum Gasteiger partial charge on any atom is 0.340 e. The molecule has 0 saturated carbocycles. The Bertz CT molecular complexity index is 234. The van der Waals surface area contributed by atoms with Crippen LogP contribution in [0.2, 0.25) is 0 Å². The van der Waals surface area contributed by atoms with E-state index in [1.165, 1.54) is 14.0 Å². The molecule has 6 heteroatoms. The van der Waals surface area contributed by atoms with Crippen LogP contribution in [0.15, 0.2) is 0 Å². The molecule has 14 heavy (non-hydrogen) atoms. The second-order valence-electron chi connectivity index (χ2n) is 2.58. The number of carbonyl (C=O) groups excluding carboxylic acids is 3. The van der Waals surface area contributed by atoms with Crippen molar-refractivity contribution in [2.45, 2.75) is 13.0 Å². The van der Waals surface area contributed by atoms with E-state index in [1.54, 1.807) is 0 Å². The van der Waals surface area contributed by atoms with Crippen LogP contribution in [0.1, 0.15) is 6.92 Å². The van der Waals surface area contributed by atoms with Gasteiger partial charge >= 0.3 is 11.9 Å². The molecule has 0 unspecified atom stereocenters. The zero-order valence-electron chi connectivity index (χ0n) is 8.57. The van der Waals surface area contributed by atoms with E-state index in [2.05, 4.69) is 9.47 Å². The fourth-order valence-corrected chi connectivity index (χ4v) is 0.818. The van der Waals surface area contributed by atoms with Crippen molar-refractivity contribution in [3.05, 3.63) is 0 Å². The van der Waals surface area contributed by atoms with Crippen LogP contribution in [0.4, 0.5) is 0 Å². The van der Waals surface area contributed by atoms with Gasteiger partial charge in [0.05, 0.1) is 14.2 Å². The van der Waals surface area contributed by atoms with Crippen molar-refractivity contribution in [1.29, 1.82) is 0 Å². The Morgan fingerprint density at radius 3 is 1.64 bits per heavy atom. The van der Waals surface area contributed by atoms with E-state index >= 15 is 0 Å². The summed E-state index contributed by atoms with van der Waals surface area (Å²) >= 11 is 0. The lowest BCUT2D eigenvalue weighted by Gasteiger charge is -2.22. The first-order valence-electron chi connectivity index (χ1n) is 3.84. The number of amides is 1. The summed E-state index contributed by atoms with van der Waals surface area (Å²) in [4.78, 5) is 34.2. The molecule has 0 aliphatic heterocycles. The van der Waals surface area contributed by atoms with Crippen LogP contribution in [0.25, 0.3) is 0 Å². The number of hydrogen-bond acceptors (Lipinski definition) is 5. The minimum absolute atomic E-state index is 0.425. The Balaban J connectivity index is 4.80. The summed E-state index contributed by atoms with van der Waals surface area (Å²) in [6, 6.07) is -1.33. The lowest BCUT2D eigenvalue weighted by Crippen LogP contribution is -2.47. The highest BCUT2D eigenvalue weighted by atomic mass is 16.5. The van der Waals surface area contributed by atoms with E-state index < -0.39 is 23.9 Å². The summed E-state index contributed by atoms with van der Waals surface area (Å²) in [7, 11) is 3.58. The van der Waals surface area contributed by atoms with Gasteiger partial charge in [-0.05, 0) is 0 Å². The van der Waals surface area contributed by atoms with E-state index in [4.69, 9.17) is 0 Å². The smallest absolute Gasteiger partial charge is 0.340 e. The molecule has 6 nitrogen and oxygen atoms in total. The number of nitrogens with zero attached hydrogens (tertiary/aromatic N) is 1. The molecule has 0 fully saturated rings. The maximum atomic E-state index is 11.1. The Hall–Kier alpha value is -1.59. The van der Waals surface area contributed by atoms with Gasteiger partial charge in [-0.25, -0.2) is 9.59 Å². The lowest BCUT2D eigenvalue weighted by atomic mass is 10.2. The predicted molar refractivity (Wildman–Crippen MR) is 46.3 cm³/mol. The Morgan fingerprint density at radius 1 is 1.07 bits per heavy atom. The molecule has 0 spiro atoms. The highest BCUT2D eigenvalue weighted by Gasteiger charge is 2.34. The van der Waals surface area contributed by atoms with E-state index in [0.717, 1.165) is 19.1 Å². The predicted octanol–water partition coefficient (Wildman–Crippen LogP) is -0.821. The van der Waals surface area contributed by atoms with Crippen molar-refractivity contribution in [3.63, 3.8) is 0 Å². The molecule has 0 aliphatic rings. The molecular weight excluding hydrogens is 190 g/mol. The van der Waals surface area contributed by atoms with Crippen molar-refractivity contribution in [2.75, 3.05) is 21.3 Å². The molecule has 0 rings (SSSR count). The number of methoxy groups -OCH3 is 2. The molecule has 0 aromatic carbocycles. The van der Waals surface area contributed by atoms with Gasteiger partial charge in [-0.15, -0.1) is 0 Å². The standard InChI is InChI=1S/C8H13NO5/c1-5(10)9(2)6(7(11)13-3)8(12)14-4/h6H,1-4H3. The highest BCUT2D eigenvalue weighted by Crippen LogP contribution is 2.02. The number of likely N-dealkylation sites (N-methyl/N-ethyl adjacent to an activating group) is 1. The third-order valence-electron chi connectivity index (χ3n) is 1.73. The summed E-state index contributed by atoms with van der Waals surface area (Å²) in [5, 5.41) is 0. The topological polar surface area (TPSA) is 72.9 Å². The first-order valence-corrected chi connectivity index (χ1v) is 3.84. The average Bonchev–Trinajstić information content (AvgIpc) is 2.16. The molecule has 0 saturated heterocycles. The quantitative estimate of drug-likeness (QED) is 0.442. The Labute approximate surface area is 81.8 Å². The lowest BCUT2D eigenvalue weighted by molar-refractivity contribution is -0.163. The summed E-state index contributed by atoms with van der Waals surface area (Å²) in [6.07, 6.45) is 0. The number of ether oxygens (including phenoxy) is 2. The molecule has 0 aliphatic carbocycles. The summed E-state index contributed by atoms with van der Waals surface area (Å²) in [5.74, 6) is -2.07. The van der Waals surface area contributed by atoms with Gasteiger partial charge in [0.1, 0.15) is 0 Å². The van der Waals surface area contributed by atoms with Crippen LogP contribution < -0.4 is 0 Å². The summed E-state index contributed by atoms with van der Waals surface area (Å²) < 4.78 is 8.75. The van der Waals surface area contributed by atoms with Crippen molar-refractivity contribution in [2.24, 2.45) is 0 Å². The third-order valence-corrected chi connectivity index (χ3v) is 1.73. The fraction of sp³-hybridized carbons (Fsp3) is 0.625. The largest absolute Gasteiger partial charge is 0.467 e. The zero-order chi connectivity index (χ0) is 11.3. The second-order valence-corrected chi connectivity index (χ2v) is 2.58. The molecule has 0 bridgehead atoms. The van der Waals surface area contributed by atoms with Gasteiger partial charge in [0.15, 0.2) is 0 Å². The Kier molecular flexibility index (Phi) is 4.62. The molecular formula is C8H13NO5. The van der Waals surface area contributed by atoms with Crippen molar-refractivity contribution in [1.82, 2.24) is 4.90 Å². The molecule has 0 atom stereocenters. The normalized spacial score (nSPS) is 9.50. The van der Waals surface area contributed by atoms with Crippen molar-refractivity contribution >= 4 is 17.8 Å². The molecule has 0 N–H and O–H groups in total. The van der Waals surface area contributed by atoms with Crippen LogP contribution in [0.5, 0.6) is 0 Å². The number of esters is 2. The van der Waals surface area contributed by atoms with E-state index in [-0.39, 0.29) is 0 Å².